The smallest absolute Gasteiger partial charge is 0.250 e. The molecule has 0 aliphatic heterocycles. The van der Waals surface area contributed by atoms with Crippen LogP contribution in [-0.2, 0) is 11.4 Å². The molecule has 0 radical (unpaired) electrons. The molecular formula is C22H20BrFN4O2S. The quantitative estimate of drug-likeness (QED) is 0.207. The Labute approximate surface area is 192 Å². The van der Waals surface area contributed by atoms with Crippen LogP contribution in [0.25, 0.3) is 0 Å². The van der Waals surface area contributed by atoms with Gasteiger partial charge in [-0.3, -0.25) is 4.79 Å². The summed E-state index contributed by atoms with van der Waals surface area (Å²) in [6.07, 6.45) is 1.53. The van der Waals surface area contributed by atoms with Gasteiger partial charge in [0.05, 0.1) is 16.4 Å². The molecule has 1 N–H and O–H groups in total. The minimum Gasteiger partial charge on any atom is -0.488 e. The summed E-state index contributed by atoms with van der Waals surface area (Å²) in [5, 5.41) is 4.54. The van der Waals surface area contributed by atoms with Crippen molar-refractivity contribution in [2.24, 2.45) is 5.10 Å². The Morgan fingerprint density at radius 3 is 2.65 bits per heavy atom. The number of nitrogens with one attached hydrogen (secondary N) is 1. The van der Waals surface area contributed by atoms with Crippen LogP contribution in [0, 0.1) is 19.7 Å². The molecule has 0 fully saturated rings. The van der Waals surface area contributed by atoms with Crippen molar-refractivity contribution in [2.75, 3.05) is 5.75 Å². The van der Waals surface area contributed by atoms with Crippen LogP contribution in [-0.4, -0.2) is 27.8 Å². The van der Waals surface area contributed by atoms with Gasteiger partial charge in [0.25, 0.3) is 5.91 Å². The number of ether oxygens (including phenoxy) is 1. The molecule has 31 heavy (non-hydrogen) atoms. The second-order valence-electron chi connectivity index (χ2n) is 6.59. The van der Waals surface area contributed by atoms with E-state index < -0.39 is 0 Å². The zero-order chi connectivity index (χ0) is 22.2. The fourth-order valence-electron chi connectivity index (χ4n) is 2.58. The first-order valence-corrected chi connectivity index (χ1v) is 11.1. The minimum absolute atomic E-state index is 0.122. The van der Waals surface area contributed by atoms with Gasteiger partial charge in [0.2, 0.25) is 0 Å². The van der Waals surface area contributed by atoms with Gasteiger partial charge in [0.1, 0.15) is 18.2 Å². The molecule has 3 rings (SSSR count). The number of amides is 1. The minimum atomic E-state index is -0.305. The van der Waals surface area contributed by atoms with Crippen molar-refractivity contribution in [2.45, 2.75) is 25.6 Å². The summed E-state index contributed by atoms with van der Waals surface area (Å²) in [7, 11) is 0. The summed E-state index contributed by atoms with van der Waals surface area (Å²) in [4.78, 5) is 20.6. The molecule has 9 heteroatoms. The van der Waals surface area contributed by atoms with Gasteiger partial charge in [0.15, 0.2) is 5.16 Å². The van der Waals surface area contributed by atoms with E-state index in [9.17, 15) is 9.18 Å². The van der Waals surface area contributed by atoms with Crippen molar-refractivity contribution in [3.05, 3.63) is 81.3 Å². The zero-order valence-corrected chi connectivity index (χ0v) is 19.3. The van der Waals surface area contributed by atoms with Crippen molar-refractivity contribution >= 4 is 39.8 Å². The van der Waals surface area contributed by atoms with Crippen LogP contribution in [0.5, 0.6) is 5.75 Å². The maximum atomic E-state index is 13.7. The molecule has 0 spiro atoms. The number of aryl methyl sites for hydroxylation is 2. The third-order valence-corrected chi connectivity index (χ3v) is 5.46. The van der Waals surface area contributed by atoms with Gasteiger partial charge in [-0.2, -0.15) is 5.10 Å². The Morgan fingerprint density at radius 2 is 1.94 bits per heavy atom. The van der Waals surface area contributed by atoms with Gasteiger partial charge >= 0.3 is 0 Å². The van der Waals surface area contributed by atoms with E-state index in [-0.39, 0.29) is 24.1 Å². The topological polar surface area (TPSA) is 76.5 Å². The van der Waals surface area contributed by atoms with E-state index >= 15 is 0 Å². The zero-order valence-electron chi connectivity index (χ0n) is 16.9. The SMILES string of the molecule is Cc1cc(C)nc(SCC(=O)N/N=C\c2ccc(OCc3ccccc3F)c(Br)c2)n1. The summed E-state index contributed by atoms with van der Waals surface area (Å²) < 4.78 is 20.1. The van der Waals surface area contributed by atoms with Crippen molar-refractivity contribution in [1.82, 2.24) is 15.4 Å². The number of thioether (sulfide) groups is 1. The van der Waals surface area contributed by atoms with Gasteiger partial charge in [-0.25, -0.2) is 19.8 Å². The predicted octanol–water partition coefficient (Wildman–Crippen LogP) is 4.82. The Bertz CT molecular complexity index is 1090. The third-order valence-electron chi connectivity index (χ3n) is 3.99. The summed E-state index contributed by atoms with van der Waals surface area (Å²) in [6.45, 7) is 3.89. The lowest BCUT2D eigenvalue weighted by molar-refractivity contribution is -0.118. The average molecular weight is 503 g/mol. The van der Waals surface area contributed by atoms with Crippen LogP contribution < -0.4 is 10.2 Å². The number of hydrogen-bond acceptors (Lipinski definition) is 6. The maximum absolute atomic E-state index is 13.7. The Kier molecular flexibility index (Phi) is 8.13. The molecule has 160 valence electrons. The second-order valence-corrected chi connectivity index (χ2v) is 8.38. The van der Waals surface area contributed by atoms with Crippen molar-refractivity contribution in [3.8, 4) is 5.75 Å². The van der Waals surface area contributed by atoms with E-state index in [0.717, 1.165) is 17.0 Å². The molecule has 0 aliphatic carbocycles. The molecule has 1 heterocycles. The lowest BCUT2D eigenvalue weighted by atomic mass is 10.2. The number of hydrazone groups is 1. The fourth-order valence-corrected chi connectivity index (χ4v) is 3.84. The Balaban J connectivity index is 1.49. The monoisotopic (exact) mass is 502 g/mol. The van der Waals surface area contributed by atoms with Gasteiger partial charge in [0, 0.05) is 17.0 Å². The molecule has 0 unspecified atom stereocenters. The lowest BCUT2D eigenvalue weighted by Crippen LogP contribution is -2.19. The van der Waals surface area contributed by atoms with Crippen LogP contribution in [0.3, 0.4) is 0 Å². The van der Waals surface area contributed by atoms with E-state index in [1.165, 1.54) is 24.0 Å². The van der Waals surface area contributed by atoms with Crippen LogP contribution in [0.15, 0.2) is 63.3 Å². The number of carbonyl (C=O) groups is 1. The van der Waals surface area contributed by atoms with E-state index in [0.29, 0.717) is 20.9 Å². The number of benzene rings is 2. The normalized spacial score (nSPS) is 11.0. The standard InChI is InChI=1S/C22H20BrFN4O2S/c1-14-9-15(2)27-22(26-14)31-13-21(29)28-25-11-16-7-8-20(18(23)10-16)30-12-17-5-3-4-6-19(17)24/h3-11H,12-13H2,1-2H3,(H,28,29)/b25-11-. The number of nitrogens with zero attached hydrogens (tertiary/aromatic N) is 3. The highest BCUT2D eigenvalue weighted by molar-refractivity contribution is 9.10. The molecule has 2 aromatic carbocycles. The summed E-state index contributed by atoms with van der Waals surface area (Å²) >= 11 is 4.69. The molecule has 0 atom stereocenters. The highest BCUT2D eigenvalue weighted by Gasteiger charge is 2.07. The molecule has 6 nitrogen and oxygen atoms in total. The van der Waals surface area contributed by atoms with Gasteiger partial charge in [-0.15, -0.1) is 0 Å². The molecule has 1 aromatic heterocycles. The highest BCUT2D eigenvalue weighted by Crippen LogP contribution is 2.26. The van der Waals surface area contributed by atoms with Gasteiger partial charge < -0.3 is 4.74 Å². The summed E-state index contributed by atoms with van der Waals surface area (Å²) in [5.74, 6) is 0.176. The largest absolute Gasteiger partial charge is 0.488 e. The molecule has 0 bridgehead atoms. The lowest BCUT2D eigenvalue weighted by Gasteiger charge is -2.09. The van der Waals surface area contributed by atoms with Crippen LogP contribution >= 0.6 is 27.7 Å². The first kappa shape index (κ1) is 22.9. The van der Waals surface area contributed by atoms with Crippen molar-refractivity contribution < 1.29 is 13.9 Å². The van der Waals surface area contributed by atoms with E-state index in [2.05, 4.69) is 36.4 Å². The van der Waals surface area contributed by atoms with Crippen molar-refractivity contribution in [1.29, 1.82) is 0 Å². The highest BCUT2D eigenvalue weighted by atomic mass is 79.9. The maximum Gasteiger partial charge on any atom is 0.250 e. The van der Waals surface area contributed by atoms with Crippen LogP contribution in [0.2, 0.25) is 0 Å². The van der Waals surface area contributed by atoms with Gasteiger partial charge in [-0.05, 0) is 65.7 Å². The number of aromatic nitrogens is 2. The molecule has 1 amide bonds. The number of carbonyl (C=O) groups excluding carboxylic acids is 1. The molecule has 0 saturated carbocycles. The van der Waals surface area contributed by atoms with E-state index in [1.54, 1.807) is 36.4 Å². The molecular weight excluding hydrogens is 483 g/mol. The first-order valence-electron chi connectivity index (χ1n) is 9.33. The van der Waals surface area contributed by atoms with Crippen LogP contribution in [0.4, 0.5) is 4.39 Å². The van der Waals surface area contributed by atoms with Crippen molar-refractivity contribution in [3.63, 3.8) is 0 Å². The van der Waals surface area contributed by atoms with E-state index in [4.69, 9.17) is 4.74 Å². The average Bonchev–Trinajstić information content (AvgIpc) is 2.72. The van der Waals surface area contributed by atoms with Gasteiger partial charge in [-0.1, -0.05) is 30.0 Å². The summed E-state index contributed by atoms with van der Waals surface area (Å²) in [6, 6.07) is 13.7. The molecule has 0 aliphatic rings. The second kappa shape index (κ2) is 11.0. The van der Waals surface area contributed by atoms with E-state index in [1.807, 2.05) is 19.9 Å². The first-order chi connectivity index (χ1) is 14.9. The molecule has 3 aromatic rings. The predicted molar refractivity (Wildman–Crippen MR) is 123 cm³/mol. The number of halogens is 2. The Hall–Kier alpha value is -2.78. The number of hydrogen-bond donors (Lipinski definition) is 1. The number of rotatable bonds is 8. The third kappa shape index (κ3) is 7.15. The fraction of sp³-hybridized carbons (Fsp3) is 0.182. The molecule has 0 saturated heterocycles. The Morgan fingerprint density at radius 1 is 1.19 bits per heavy atom. The van der Waals surface area contributed by atoms with Crippen LogP contribution in [0.1, 0.15) is 22.5 Å². The summed E-state index contributed by atoms with van der Waals surface area (Å²) in [5.41, 5.74) is 5.44.